The van der Waals surface area contributed by atoms with Gasteiger partial charge in [-0.3, -0.25) is 5.32 Å². The fourth-order valence-corrected chi connectivity index (χ4v) is 1.44. The predicted molar refractivity (Wildman–Crippen MR) is 56.9 cm³/mol. The molecule has 1 rings (SSSR count). The maximum atomic E-state index is 10.8. The van der Waals surface area contributed by atoms with Crippen LogP contribution in [-0.4, -0.2) is 23.3 Å². The van der Waals surface area contributed by atoms with E-state index in [2.05, 4.69) is 37.4 Å². The van der Waals surface area contributed by atoms with Gasteiger partial charge in [0.2, 0.25) is 0 Å². The predicted octanol–water partition coefficient (Wildman–Crippen LogP) is 1.92. The lowest BCUT2D eigenvalue weighted by molar-refractivity contribution is 0.187. The monoisotopic (exact) mass is 229 g/mol. The molecule has 0 atom stereocenters. The second kappa shape index (κ2) is 5.43. The van der Waals surface area contributed by atoms with E-state index in [-0.39, 0.29) is 0 Å². The van der Waals surface area contributed by atoms with Crippen molar-refractivity contribution < 1.29 is 9.53 Å². The average molecular weight is 229 g/mol. The Hall–Kier alpha value is -1.30. The molecular formula is C7H7N3O2S2. The van der Waals surface area contributed by atoms with Crippen LogP contribution >= 0.6 is 23.6 Å². The number of hydrogen-bond acceptors (Lipinski definition) is 6. The van der Waals surface area contributed by atoms with Gasteiger partial charge in [0, 0.05) is 5.38 Å². The summed E-state index contributed by atoms with van der Waals surface area (Å²) in [6, 6.07) is 0. The highest BCUT2D eigenvalue weighted by atomic mass is 32.1. The normalized spacial score (nSPS) is 8.93. The minimum absolute atomic E-state index is 0.378. The molecule has 0 aromatic carbocycles. The molecule has 0 radical (unpaired) electrons. The van der Waals surface area contributed by atoms with E-state index >= 15 is 0 Å². The summed E-state index contributed by atoms with van der Waals surface area (Å²) in [5.41, 5.74) is 0.735. The molecule has 0 saturated carbocycles. The maximum absolute atomic E-state index is 10.8. The van der Waals surface area contributed by atoms with Gasteiger partial charge < -0.3 is 4.74 Å². The van der Waals surface area contributed by atoms with Crippen molar-refractivity contribution in [2.75, 3.05) is 12.4 Å². The van der Waals surface area contributed by atoms with Crippen molar-refractivity contribution in [1.29, 1.82) is 0 Å². The maximum Gasteiger partial charge on any atom is 0.413 e. The summed E-state index contributed by atoms with van der Waals surface area (Å²) >= 11 is 5.71. The first-order valence-corrected chi connectivity index (χ1v) is 4.88. The first-order chi connectivity index (χ1) is 6.76. The van der Waals surface area contributed by atoms with Gasteiger partial charge in [0.15, 0.2) is 5.13 Å². The lowest BCUT2D eigenvalue weighted by Gasteiger charge is -1.96. The number of thiazole rings is 1. The van der Waals surface area contributed by atoms with Crippen molar-refractivity contribution in [2.45, 2.75) is 6.54 Å². The van der Waals surface area contributed by atoms with Crippen LogP contribution in [0.4, 0.5) is 9.93 Å². The molecule has 1 heterocycles. The van der Waals surface area contributed by atoms with E-state index in [0.29, 0.717) is 11.7 Å². The van der Waals surface area contributed by atoms with Gasteiger partial charge in [-0.2, -0.15) is 0 Å². The Balaban J connectivity index is 2.58. The molecule has 0 fully saturated rings. The molecule has 1 aromatic rings. The highest BCUT2D eigenvalue weighted by Gasteiger charge is 2.04. The number of hydrogen-bond donors (Lipinski definition) is 1. The Morgan fingerprint density at radius 1 is 1.93 bits per heavy atom. The minimum atomic E-state index is -0.538. The molecule has 0 saturated heterocycles. The molecule has 1 aromatic heterocycles. The molecule has 14 heavy (non-hydrogen) atoms. The SMILES string of the molecule is COC(=O)Nc1nc(CN=C=S)cs1. The van der Waals surface area contributed by atoms with Crippen LogP contribution in [0, 0.1) is 0 Å². The fourth-order valence-electron chi connectivity index (χ4n) is 0.689. The second-order valence-electron chi connectivity index (χ2n) is 2.17. The van der Waals surface area contributed by atoms with Gasteiger partial charge in [-0.1, -0.05) is 0 Å². The summed E-state index contributed by atoms with van der Waals surface area (Å²) in [5, 5.41) is 6.94. The number of anilines is 1. The van der Waals surface area contributed by atoms with Crippen LogP contribution in [-0.2, 0) is 11.3 Å². The largest absolute Gasteiger partial charge is 0.453 e. The van der Waals surface area contributed by atoms with Crippen LogP contribution in [0.5, 0.6) is 0 Å². The summed E-state index contributed by atoms with van der Waals surface area (Å²) < 4.78 is 4.41. The Kier molecular flexibility index (Phi) is 4.18. The van der Waals surface area contributed by atoms with E-state index in [1.54, 1.807) is 5.38 Å². The smallest absolute Gasteiger partial charge is 0.413 e. The molecule has 74 valence electrons. The van der Waals surface area contributed by atoms with Gasteiger partial charge in [0.05, 0.1) is 24.5 Å². The first-order valence-electron chi connectivity index (χ1n) is 3.59. The van der Waals surface area contributed by atoms with Gasteiger partial charge in [-0.25, -0.2) is 14.8 Å². The van der Waals surface area contributed by atoms with E-state index in [9.17, 15) is 4.79 Å². The Labute approximate surface area is 89.8 Å². The molecule has 7 heteroatoms. The summed E-state index contributed by atoms with van der Waals surface area (Å²) in [4.78, 5) is 18.6. The Morgan fingerprint density at radius 2 is 2.71 bits per heavy atom. The number of aliphatic imine (C=N–C) groups is 1. The fraction of sp³-hybridized carbons (Fsp3) is 0.286. The number of carbonyl (C=O) groups is 1. The summed E-state index contributed by atoms with van der Waals surface area (Å²) in [7, 11) is 1.29. The summed E-state index contributed by atoms with van der Waals surface area (Å²) in [6.07, 6.45) is -0.538. The number of carbonyl (C=O) groups excluding carboxylic acids is 1. The van der Waals surface area contributed by atoms with Crippen LogP contribution in [0.25, 0.3) is 0 Å². The van der Waals surface area contributed by atoms with Crippen LogP contribution in [0.15, 0.2) is 10.4 Å². The lowest BCUT2D eigenvalue weighted by Crippen LogP contribution is -2.10. The van der Waals surface area contributed by atoms with Gasteiger partial charge in [0.1, 0.15) is 0 Å². The van der Waals surface area contributed by atoms with Gasteiger partial charge in [-0.05, 0) is 12.2 Å². The molecule has 0 aliphatic rings. The molecule has 5 nitrogen and oxygen atoms in total. The van der Waals surface area contributed by atoms with Gasteiger partial charge >= 0.3 is 6.09 Å². The van der Waals surface area contributed by atoms with Gasteiger partial charge in [-0.15, -0.1) is 11.3 Å². The standard InChI is InChI=1S/C7H7N3O2S2/c1-12-7(11)10-6-9-5(3-14-6)2-8-4-13/h3H,2H2,1H3,(H,9,10,11). The van der Waals surface area contributed by atoms with E-state index in [0.717, 1.165) is 5.69 Å². The third-order valence-corrected chi connectivity index (χ3v) is 2.19. The summed E-state index contributed by atoms with van der Waals surface area (Å²) in [5.74, 6) is 0. The van der Waals surface area contributed by atoms with E-state index in [4.69, 9.17) is 0 Å². The zero-order chi connectivity index (χ0) is 10.4. The zero-order valence-electron chi connectivity index (χ0n) is 7.31. The number of nitrogens with zero attached hydrogens (tertiary/aromatic N) is 2. The second-order valence-corrected chi connectivity index (χ2v) is 3.21. The number of methoxy groups -OCH3 is 1. The van der Waals surface area contributed by atoms with Crippen molar-refractivity contribution in [3.05, 3.63) is 11.1 Å². The third kappa shape index (κ3) is 3.21. The molecule has 0 unspecified atom stereocenters. The number of aromatic nitrogens is 1. The number of thiocarbonyl (C=S) groups is 1. The number of amides is 1. The molecule has 0 aliphatic heterocycles. The van der Waals surface area contributed by atoms with Crippen molar-refractivity contribution in [2.24, 2.45) is 4.99 Å². The Bertz CT molecular complexity index is 371. The molecule has 1 N–H and O–H groups in total. The van der Waals surface area contributed by atoms with Crippen molar-refractivity contribution in [1.82, 2.24) is 4.98 Å². The van der Waals surface area contributed by atoms with E-state index < -0.39 is 6.09 Å². The van der Waals surface area contributed by atoms with Crippen LogP contribution in [0.3, 0.4) is 0 Å². The first kappa shape index (κ1) is 10.8. The highest BCUT2D eigenvalue weighted by Crippen LogP contribution is 2.15. The highest BCUT2D eigenvalue weighted by molar-refractivity contribution is 7.78. The average Bonchev–Trinajstić information content (AvgIpc) is 2.62. The number of ether oxygens (including phenoxy) is 1. The minimum Gasteiger partial charge on any atom is -0.453 e. The van der Waals surface area contributed by atoms with Crippen molar-refractivity contribution in [3.63, 3.8) is 0 Å². The third-order valence-electron chi connectivity index (χ3n) is 1.25. The lowest BCUT2D eigenvalue weighted by atomic mass is 10.5. The summed E-state index contributed by atoms with van der Waals surface area (Å²) in [6.45, 7) is 0.378. The van der Waals surface area contributed by atoms with Crippen LogP contribution in [0.1, 0.15) is 5.69 Å². The molecule has 0 spiro atoms. The van der Waals surface area contributed by atoms with Crippen LogP contribution < -0.4 is 5.32 Å². The zero-order valence-corrected chi connectivity index (χ0v) is 8.94. The number of rotatable bonds is 3. The van der Waals surface area contributed by atoms with Crippen molar-refractivity contribution in [3.8, 4) is 0 Å². The van der Waals surface area contributed by atoms with Gasteiger partial charge in [0.25, 0.3) is 0 Å². The number of isothiocyanates is 1. The molecular weight excluding hydrogens is 222 g/mol. The molecule has 0 aliphatic carbocycles. The van der Waals surface area contributed by atoms with E-state index in [1.165, 1.54) is 18.4 Å². The molecule has 0 bridgehead atoms. The molecule has 1 amide bonds. The number of nitrogens with one attached hydrogen (secondary N) is 1. The van der Waals surface area contributed by atoms with Crippen LogP contribution in [0.2, 0.25) is 0 Å². The van der Waals surface area contributed by atoms with E-state index in [1.807, 2.05) is 0 Å². The topological polar surface area (TPSA) is 63.6 Å². The van der Waals surface area contributed by atoms with Crippen molar-refractivity contribution >= 4 is 39.9 Å². The Morgan fingerprint density at radius 3 is 3.36 bits per heavy atom. The quantitative estimate of drug-likeness (QED) is 0.635.